The molecule has 3 N–H and O–H groups in total. The van der Waals surface area contributed by atoms with Crippen LogP contribution in [-0.2, 0) is 0 Å². The number of benzene rings is 3. The van der Waals surface area contributed by atoms with Crippen LogP contribution in [0.2, 0.25) is 5.02 Å². The third-order valence-corrected chi connectivity index (χ3v) is 6.49. The van der Waals surface area contributed by atoms with E-state index in [1.165, 1.54) is 24.1 Å². The van der Waals surface area contributed by atoms with E-state index in [-0.39, 0.29) is 5.92 Å². The molecular formula is C24H22ClF2N5S2. The second kappa shape index (κ2) is 11.7. The Labute approximate surface area is 210 Å². The van der Waals surface area contributed by atoms with Crippen LogP contribution in [0.1, 0.15) is 17.0 Å². The molecular weight excluding hydrogens is 496 g/mol. The number of hydrogen-bond acceptors (Lipinski definition) is 5. The normalized spacial score (nSPS) is 16.0. The maximum Gasteiger partial charge on any atom is 0.225 e. The minimum absolute atomic E-state index is 0.00475. The molecule has 1 atom stereocenters. The van der Waals surface area contributed by atoms with Gasteiger partial charge in [-0.05, 0) is 47.3 Å². The zero-order chi connectivity index (χ0) is 23.9. The summed E-state index contributed by atoms with van der Waals surface area (Å²) in [5, 5.41) is 12.9. The molecule has 0 amide bonds. The summed E-state index contributed by atoms with van der Waals surface area (Å²) in [4.78, 5) is 5.01. The fourth-order valence-electron chi connectivity index (χ4n) is 3.52. The summed E-state index contributed by atoms with van der Waals surface area (Å²) in [5.74, 6) is -0.191. The predicted octanol–water partition coefficient (Wildman–Crippen LogP) is 5.68. The lowest BCUT2D eigenvalue weighted by molar-refractivity contribution is 0.464. The molecule has 34 heavy (non-hydrogen) atoms. The van der Waals surface area contributed by atoms with Gasteiger partial charge in [-0.3, -0.25) is 9.86 Å². The highest BCUT2D eigenvalue weighted by Crippen LogP contribution is 2.30. The number of aliphatic imine (C=N–C) groups is 1. The molecule has 0 fully saturated rings. The molecule has 1 aliphatic rings. The number of rotatable bonds is 7. The van der Waals surface area contributed by atoms with E-state index in [1.807, 2.05) is 42.5 Å². The standard InChI is InChI=1S/C24H22ClF2N5S2/c25-18-8-6-17(7-9-18)23-22(16-4-2-1-3-5-16)15-32(30-23)24(29-10-11-33-28)31-34-21-13-19(26)12-20(27)14-21/h1-9,12-14,22H,10-11,15,28H2,(H,29,31). The van der Waals surface area contributed by atoms with Gasteiger partial charge in [0.2, 0.25) is 5.96 Å². The molecule has 10 heteroatoms. The second-order valence-electron chi connectivity index (χ2n) is 7.42. The lowest BCUT2D eigenvalue weighted by Crippen LogP contribution is -2.34. The Morgan fingerprint density at radius 3 is 2.47 bits per heavy atom. The maximum absolute atomic E-state index is 13.6. The van der Waals surface area contributed by atoms with Crippen LogP contribution in [0.25, 0.3) is 0 Å². The van der Waals surface area contributed by atoms with Gasteiger partial charge in [0.05, 0.1) is 18.8 Å². The van der Waals surface area contributed by atoms with E-state index >= 15 is 0 Å². The first-order valence-electron chi connectivity index (χ1n) is 10.5. The summed E-state index contributed by atoms with van der Waals surface area (Å²) >= 11 is 8.36. The van der Waals surface area contributed by atoms with Crippen LogP contribution in [0.5, 0.6) is 0 Å². The van der Waals surface area contributed by atoms with E-state index in [4.69, 9.17) is 21.8 Å². The number of guanidine groups is 1. The molecule has 0 spiro atoms. The Bertz CT molecular complexity index is 1160. The molecule has 3 aromatic carbocycles. The Kier molecular flexibility index (Phi) is 8.44. The second-order valence-corrected chi connectivity index (χ2v) is 9.48. The van der Waals surface area contributed by atoms with Gasteiger partial charge in [0, 0.05) is 27.7 Å². The summed E-state index contributed by atoms with van der Waals surface area (Å²) < 4.78 is 30.4. The molecule has 0 aromatic heterocycles. The van der Waals surface area contributed by atoms with Crippen LogP contribution < -0.4 is 9.86 Å². The van der Waals surface area contributed by atoms with Crippen molar-refractivity contribution in [1.29, 1.82) is 0 Å². The largest absolute Gasteiger partial charge is 0.295 e. The molecule has 1 unspecified atom stereocenters. The number of hydrazone groups is 1. The van der Waals surface area contributed by atoms with Crippen LogP contribution in [0.4, 0.5) is 8.78 Å². The smallest absolute Gasteiger partial charge is 0.225 e. The van der Waals surface area contributed by atoms with E-state index in [0.29, 0.717) is 34.7 Å². The number of halogens is 3. The molecule has 0 bridgehead atoms. The van der Waals surface area contributed by atoms with Crippen molar-refractivity contribution in [2.75, 3.05) is 18.8 Å². The van der Waals surface area contributed by atoms with Crippen molar-refractivity contribution in [2.45, 2.75) is 10.8 Å². The fourth-order valence-corrected chi connectivity index (χ4v) is 4.57. The van der Waals surface area contributed by atoms with Crippen LogP contribution in [-0.4, -0.2) is 35.5 Å². The van der Waals surface area contributed by atoms with Gasteiger partial charge in [-0.2, -0.15) is 5.10 Å². The summed E-state index contributed by atoms with van der Waals surface area (Å²) in [6.45, 7) is 1.00. The van der Waals surface area contributed by atoms with Crippen molar-refractivity contribution < 1.29 is 8.78 Å². The zero-order valence-corrected chi connectivity index (χ0v) is 20.4. The highest BCUT2D eigenvalue weighted by Gasteiger charge is 2.31. The first kappa shape index (κ1) is 24.5. The third-order valence-electron chi connectivity index (χ3n) is 5.07. The topological polar surface area (TPSA) is 66.0 Å². The number of nitrogens with zero attached hydrogens (tertiary/aromatic N) is 3. The van der Waals surface area contributed by atoms with Gasteiger partial charge < -0.3 is 0 Å². The third kappa shape index (κ3) is 6.29. The fraction of sp³-hybridized carbons (Fsp3) is 0.167. The first-order valence-corrected chi connectivity index (χ1v) is 12.7. The SMILES string of the molecule is NSCCN=C(NSc1cc(F)cc(F)c1)N1CC(c2ccccc2)C(c2ccc(Cl)cc2)=N1. The first-order chi connectivity index (χ1) is 16.5. The minimum Gasteiger partial charge on any atom is -0.295 e. The quantitative estimate of drug-likeness (QED) is 0.183. The summed E-state index contributed by atoms with van der Waals surface area (Å²) in [6, 6.07) is 21.0. The van der Waals surface area contributed by atoms with Crippen molar-refractivity contribution in [1.82, 2.24) is 9.73 Å². The van der Waals surface area contributed by atoms with Crippen LogP contribution in [0.15, 0.2) is 87.8 Å². The van der Waals surface area contributed by atoms with E-state index in [0.717, 1.165) is 34.9 Å². The van der Waals surface area contributed by atoms with Crippen molar-refractivity contribution in [3.05, 3.63) is 101 Å². The average Bonchev–Trinajstić information content (AvgIpc) is 3.27. The van der Waals surface area contributed by atoms with E-state index in [9.17, 15) is 8.78 Å². The van der Waals surface area contributed by atoms with Crippen molar-refractivity contribution in [2.24, 2.45) is 15.2 Å². The molecule has 4 rings (SSSR count). The molecule has 176 valence electrons. The van der Waals surface area contributed by atoms with Gasteiger partial charge in [0.25, 0.3) is 0 Å². The van der Waals surface area contributed by atoms with Gasteiger partial charge in [-0.25, -0.2) is 18.8 Å². The monoisotopic (exact) mass is 517 g/mol. The predicted molar refractivity (Wildman–Crippen MR) is 138 cm³/mol. The molecule has 0 aliphatic carbocycles. The van der Waals surface area contributed by atoms with E-state index < -0.39 is 11.6 Å². The summed E-state index contributed by atoms with van der Waals surface area (Å²) in [5.41, 5.74) is 2.96. The van der Waals surface area contributed by atoms with Crippen LogP contribution in [0.3, 0.4) is 0 Å². The lowest BCUT2D eigenvalue weighted by Gasteiger charge is -2.19. The Morgan fingerprint density at radius 2 is 1.79 bits per heavy atom. The van der Waals surface area contributed by atoms with E-state index in [1.54, 1.807) is 5.01 Å². The molecule has 0 saturated heterocycles. The van der Waals surface area contributed by atoms with Crippen LogP contribution in [0, 0.1) is 11.6 Å². The van der Waals surface area contributed by atoms with Gasteiger partial charge in [-0.15, -0.1) is 0 Å². The van der Waals surface area contributed by atoms with Crippen molar-refractivity contribution in [3.8, 4) is 0 Å². The number of nitrogens with two attached hydrogens (primary N) is 1. The van der Waals surface area contributed by atoms with Gasteiger partial charge in [0.1, 0.15) is 11.6 Å². The lowest BCUT2D eigenvalue weighted by atomic mass is 9.91. The Balaban J connectivity index is 1.64. The number of nitrogens with one attached hydrogen (secondary N) is 1. The number of hydrogen-bond donors (Lipinski definition) is 2. The molecule has 1 aliphatic heterocycles. The maximum atomic E-state index is 13.6. The summed E-state index contributed by atoms with van der Waals surface area (Å²) in [6.07, 6.45) is 0. The molecule has 0 saturated carbocycles. The van der Waals surface area contributed by atoms with Gasteiger partial charge >= 0.3 is 0 Å². The van der Waals surface area contributed by atoms with Crippen molar-refractivity contribution in [3.63, 3.8) is 0 Å². The summed E-state index contributed by atoms with van der Waals surface area (Å²) in [7, 11) is 0. The Morgan fingerprint density at radius 1 is 1.09 bits per heavy atom. The molecule has 0 radical (unpaired) electrons. The van der Waals surface area contributed by atoms with Gasteiger partial charge in [0.15, 0.2) is 0 Å². The minimum atomic E-state index is -0.643. The van der Waals surface area contributed by atoms with E-state index in [2.05, 4.69) is 21.8 Å². The highest BCUT2D eigenvalue weighted by atomic mass is 35.5. The Hall–Kier alpha value is -2.59. The molecule has 5 nitrogen and oxygen atoms in total. The van der Waals surface area contributed by atoms with Crippen molar-refractivity contribution >= 4 is 47.2 Å². The van der Waals surface area contributed by atoms with Gasteiger partial charge in [-0.1, -0.05) is 66.0 Å². The molecule has 1 heterocycles. The molecule has 3 aromatic rings. The highest BCUT2D eigenvalue weighted by molar-refractivity contribution is 7.98. The average molecular weight is 518 g/mol. The zero-order valence-electron chi connectivity index (χ0n) is 18.0. The van der Waals surface area contributed by atoms with Crippen LogP contribution >= 0.6 is 35.5 Å².